The predicted molar refractivity (Wildman–Crippen MR) is 76.3 cm³/mol. The Morgan fingerprint density at radius 1 is 1.21 bits per heavy atom. The van der Waals surface area contributed by atoms with Crippen molar-refractivity contribution in [3.05, 3.63) is 28.2 Å². The van der Waals surface area contributed by atoms with E-state index in [1.54, 1.807) is 12.1 Å². The van der Waals surface area contributed by atoms with Gasteiger partial charge in [0.05, 0.1) is 16.4 Å². The van der Waals surface area contributed by atoms with Gasteiger partial charge in [0.1, 0.15) is 0 Å². The summed E-state index contributed by atoms with van der Waals surface area (Å²) >= 11 is 3.32. The summed E-state index contributed by atoms with van der Waals surface area (Å²) in [7, 11) is -6.69. The van der Waals surface area contributed by atoms with Crippen LogP contribution in [0, 0.1) is 6.92 Å². The van der Waals surface area contributed by atoms with Crippen LogP contribution in [0.5, 0.6) is 0 Å². The van der Waals surface area contributed by atoms with Gasteiger partial charge < -0.3 is 0 Å². The average molecular weight is 368 g/mol. The van der Waals surface area contributed by atoms with E-state index >= 15 is 0 Å². The largest absolute Gasteiger partial charge is 0.243 e. The quantitative estimate of drug-likeness (QED) is 0.786. The van der Waals surface area contributed by atoms with E-state index in [-0.39, 0.29) is 29.5 Å². The van der Waals surface area contributed by atoms with Crippen molar-refractivity contribution in [1.82, 2.24) is 4.31 Å². The van der Waals surface area contributed by atoms with Crippen LogP contribution in [0.3, 0.4) is 0 Å². The zero-order valence-electron chi connectivity index (χ0n) is 10.3. The van der Waals surface area contributed by atoms with Crippen LogP contribution in [0.2, 0.25) is 0 Å². The smallest absolute Gasteiger partial charge is 0.229 e. The lowest BCUT2D eigenvalue weighted by molar-refractivity contribution is 0.430. The summed E-state index contributed by atoms with van der Waals surface area (Å²) in [6.07, 6.45) is 0. The molecule has 1 aliphatic rings. The lowest BCUT2D eigenvalue weighted by Crippen LogP contribution is -2.43. The fraction of sp³-hybridized carbons (Fsp3) is 0.455. The van der Waals surface area contributed by atoms with Gasteiger partial charge in [-0.3, -0.25) is 0 Å². The van der Waals surface area contributed by atoms with Crippen LogP contribution in [0.1, 0.15) is 5.56 Å². The Morgan fingerprint density at radius 3 is 2.32 bits per heavy atom. The van der Waals surface area contributed by atoms with E-state index in [9.17, 15) is 16.8 Å². The highest BCUT2D eigenvalue weighted by atomic mass is 79.9. The third-order valence-corrected chi connectivity index (χ3v) is 7.46. The van der Waals surface area contributed by atoms with Crippen LogP contribution >= 0.6 is 15.9 Å². The molecule has 0 N–H and O–H groups in total. The molecule has 0 aromatic heterocycles. The van der Waals surface area contributed by atoms with E-state index in [4.69, 9.17) is 0 Å². The SMILES string of the molecule is Cc1cc(S(=O)(=O)N2CCS(=O)(=O)CC2)ccc1Br. The molecule has 0 radical (unpaired) electrons. The van der Waals surface area contributed by atoms with Gasteiger partial charge >= 0.3 is 0 Å². The van der Waals surface area contributed by atoms with Gasteiger partial charge in [-0.1, -0.05) is 15.9 Å². The van der Waals surface area contributed by atoms with Gasteiger partial charge in [0.25, 0.3) is 0 Å². The van der Waals surface area contributed by atoms with Gasteiger partial charge in [-0.2, -0.15) is 4.31 Å². The first kappa shape index (κ1) is 15.0. The number of benzene rings is 1. The van der Waals surface area contributed by atoms with Crippen molar-refractivity contribution in [3.8, 4) is 0 Å². The number of nitrogens with zero attached hydrogens (tertiary/aromatic N) is 1. The summed E-state index contributed by atoms with van der Waals surface area (Å²) in [5.74, 6) is -0.219. The van der Waals surface area contributed by atoms with Crippen LogP contribution in [0.4, 0.5) is 0 Å². The molecule has 8 heteroatoms. The van der Waals surface area contributed by atoms with Crippen LogP contribution in [-0.4, -0.2) is 45.7 Å². The van der Waals surface area contributed by atoms with E-state index in [0.29, 0.717) is 0 Å². The highest BCUT2D eigenvalue weighted by molar-refractivity contribution is 9.10. The fourth-order valence-corrected chi connectivity index (χ4v) is 5.07. The molecule has 0 atom stereocenters. The molecule has 0 unspecified atom stereocenters. The first-order chi connectivity index (χ1) is 8.72. The van der Waals surface area contributed by atoms with E-state index < -0.39 is 19.9 Å². The molecule has 19 heavy (non-hydrogen) atoms. The Balaban J connectivity index is 2.30. The van der Waals surface area contributed by atoms with Crippen molar-refractivity contribution in [3.63, 3.8) is 0 Å². The van der Waals surface area contributed by atoms with Crippen LogP contribution in [-0.2, 0) is 19.9 Å². The number of sulfonamides is 1. The number of aryl methyl sites for hydroxylation is 1. The molecule has 1 heterocycles. The van der Waals surface area contributed by atoms with Crippen molar-refractivity contribution in [2.45, 2.75) is 11.8 Å². The molecule has 1 aromatic carbocycles. The van der Waals surface area contributed by atoms with Crippen molar-refractivity contribution < 1.29 is 16.8 Å². The maximum Gasteiger partial charge on any atom is 0.243 e. The van der Waals surface area contributed by atoms with Gasteiger partial charge in [-0.25, -0.2) is 16.8 Å². The number of rotatable bonds is 2. The highest BCUT2D eigenvalue weighted by Gasteiger charge is 2.31. The van der Waals surface area contributed by atoms with Gasteiger partial charge in [-0.05, 0) is 30.7 Å². The third kappa shape index (κ3) is 3.18. The molecule has 1 saturated heterocycles. The van der Waals surface area contributed by atoms with E-state index in [2.05, 4.69) is 15.9 Å². The standard InChI is InChI=1S/C11H14BrNO4S2/c1-9-8-10(2-3-11(9)12)19(16,17)13-4-6-18(14,15)7-5-13/h2-3,8H,4-7H2,1H3. The molecule has 0 bridgehead atoms. The second kappa shape index (κ2) is 5.16. The molecular formula is C11H14BrNO4S2. The average Bonchev–Trinajstić information content (AvgIpc) is 2.32. The minimum Gasteiger partial charge on any atom is -0.229 e. The summed E-state index contributed by atoms with van der Waals surface area (Å²) in [5, 5.41) is 0. The van der Waals surface area contributed by atoms with Crippen molar-refractivity contribution >= 4 is 35.8 Å². The summed E-state index contributed by atoms with van der Waals surface area (Å²) in [6, 6.07) is 4.79. The van der Waals surface area contributed by atoms with Crippen molar-refractivity contribution in [2.24, 2.45) is 0 Å². The predicted octanol–water partition coefficient (Wildman–Crippen LogP) is 1.18. The van der Waals surface area contributed by atoms with Crippen LogP contribution in [0.25, 0.3) is 0 Å². The Kier molecular flexibility index (Phi) is 4.06. The Labute approximate surface area is 121 Å². The van der Waals surface area contributed by atoms with Crippen LogP contribution < -0.4 is 0 Å². The van der Waals surface area contributed by atoms with Gasteiger partial charge in [0.15, 0.2) is 9.84 Å². The molecule has 0 saturated carbocycles. The monoisotopic (exact) mass is 367 g/mol. The lowest BCUT2D eigenvalue weighted by Gasteiger charge is -2.26. The van der Waals surface area contributed by atoms with E-state index in [1.165, 1.54) is 10.4 Å². The molecule has 0 aliphatic carbocycles. The molecule has 1 fully saturated rings. The van der Waals surface area contributed by atoms with Gasteiger partial charge in [0, 0.05) is 17.6 Å². The topological polar surface area (TPSA) is 71.5 Å². The van der Waals surface area contributed by atoms with E-state index in [0.717, 1.165) is 10.0 Å². The first-order valence-corrected chi connectivity index (χ1v) is 9.74. The Bertz CT molecular complexity index is 683. The zero-order valence-corrected chi connectivity index (χ0v) is 13.6. The Morgan fingerprint density at radius 2 is 1.79 bits per heavy atom. The molecule has 1 aliphatic heterocycles. The minimum atomic E-state index is -3.60. The van der Waals surface area contributed by atoms with Crippen LogP contribution in [0.15, 0.2) is 27.6 Å². The number of hydrogen-bond acceptors (Lipinski definition) is 4. The van der Waals surface area contributed by atoms with Gasteiger partial charge in [-0.15, -0.1) is 0 Å². The molecule has 5 nitrogen and oxygen atoms in total. The molecule has 1 aromatic rings. The molecule has 2 rings (SSSR count). The zero-order chi connectivity index (χ0) is 14.3. The number of hydrogen-bond donors (Lipinski definition) is 0. The normalized spacial score (nSPS) is 20.3. The maximum atomic E-state index is 12.4. The number of sulfone groups is 1. The molecule has 0 amide bonds. The van der Waals surface area contributed by atoms with Crippen molar-refractivity contribution in [2.75, 3.05) is 24.6 Å². The fourth-order valence-electron chi connectivity index (χ4n) is 1.86. The summed E-state index contributed by atoms with van der Waals surface area (Å²) in [6.45, 7) is 1.86. The lowest BCUT2D eigenvalue weighted by atomic mass is 10.2. The molecule has 0 spiro atoms. The second-order valence-electron chi connectivity index (χ2n) is 4.47. The number of halogens is 1. The second-order valence-corrected chi connectivity index (χ2v) is 9.56. The molecule has 106 valence electrons. The Hall–Kier alpha value is -0.440. The van der Waals surface area contributed by atoms with Gasteiger partial charge in [0.2, 0.25) is 10.0 Å². The maximum absolute atomic E-state index is 12.4. The van der Waals surface area contributed by atoms with Crippen molar-refractivity contribution in [1.29, 1.82) is 0 Å². The third-order valence-electron chi connectivity index (χ3n) is 3.07. The highest BCUT2D eigenvalue weighted by Crippen LogP contribution is 2.23. The minimum absolute atomic E-state index is 0.0276. The summed E-state index contributed by atoms with van der Waals surface area (Å²) in [5.41, 5.74) is 0.825. The van der Waals surface area contributed by atoms with E-state index in [1.807, 2.05) is 6.92 Å². The first-order valence-electron chi connectivity index (χ1n) is 5.69. The summed E-state index contributed by atoms with van der Waals surface area (Å²) < 4.78 is 49.5. The molecular weight excluding hydrogens is 354 g/mol. The summed E-state index contributed by atoms with van der Waals surface area (Å²) in [4.78, 5) is 0.201.